The lowest BCUT2D eigenvalue weighted by atomic mass is 9.53. The Kier molecular flexibility index (Phi) is 8.57. The van der Waals surface area contributed by atoms with Gasteiger partial charge in [-0.15, -0.1) is 23.2 Å². The number of anilines is 2. The molecular formula is C25H34Cl2N2O3. The molecule has 0 saturated heterocycles. The number of nitrogens with zero attached hydrogens (tertiary/aromatic N) is 2. The zero-order valence-electron chi connectivity index (χ0n) is 19.9. The number of carbonyl (C=O) groups excluding carboxylic acids is 3. The van der Waals surface area contributed by atoms with Crippen LogP contribution >= 0.6 is 23.2 Å². The molecule has 2 rings (SSSR count). The Balaban J connectivity index is 2.21. The smallest absolute Gasteiger partial charge is 0.227 e. The van der Waals surface area contributed by atoms with Crippen LogP contribution in [0.1, 0.15) is 41.0 Å². The van der Waals surface area contributed by atoms with Crippen molar-refractivity contribution in [2.45, 2.75) is 41.0 Å². The van der Waals surface area contributed by atoms with Crippen LogP contribution in [-0.2, 0) is 14.4 Å². The van der Waals surface area contributed by atoms with Crippen LogP contribution in [0.3, 0.4) is 0 Å². The third-order valence-electron chi connectivity index (χ3n) is 7.19. The van der Waals surface area contributed by atoms with E-state index in [0.29, 0.717) is 30.4 Å². The van der Waals surface area contributed by atoms with E-state index in [2.05, 4.69) is 4.90 Å². The zero-order chi connectivity index (χ0) is 24.3. The Morgan fingerprint density at radius 1 is 1.06 bits per heavy atom. The van der Waals surface area contributed by atoms with Crippen LogP contribution in [0.15, 0.2) is 35.9 Å². The molecule has 0 bridgehead atoms. The van der Waals surface area contributed by atoms with Crippen LogP contribution in [0.2, 0.25) is 0 Å². The van der Waals surface area contributed by atoms with Gasteiger partial charge >= 0.3 is 0 Å². The average Bonchev–Trinajstić information content (AvgIpc) is 2.75. The van der Waals surface area contributed by atoms with Crippen LogP contribution in [0, 0.1) is 16.7 Å². The minimum atomic E-state index is -0.951. The van der Waals surface area contributed by atoms with Gasteiger partial charge in [-0.3, -0.25) is 14.4 Å². The number of hydrogen-bond acceptors (Lipinski definition) is 4. The van der Waals surface area contributed by atoms with Crippen LogP contribution in [0.5, 0.6) is 0 Å². The molecule has 32 heavy (non-hydrogen) atoms. The van der Waals surface area contributed by atoms with E-state index >= 15 is 0 Å². The Hall–Kier alpha value is -1.85. The highest BCUT2D eigenvalue weighted by atomic mass is 35.5. The molecule has 1 aliphatic rings. The molecule has 0 aliphatic heterocycles. The van der Waals surface area contributed by atoms with Crippen molar-refractivity contribution in [2.75, 3.05) is 41.7 Å². The summed E-state index contributed by atoms with van der Waals surface area (Å²) < 4.78 is 0. The molecule has 7 heteroatoms. The SMILES string of the molecule is CC1=CC(=O)C(C)(C(C)(C)CC(=O)N(C)c2ccc(N(CCCl)CCCl)cc2)C(C)C1=O. The van der Waals surface area contributed by atoms with Gasteiger partial charge in [0, 0.05) is 61.0 Å². The molecular weight excluding hydrogens is 447 g/mol. The van der Waals surface area contributed by atoms with Gasteiger partial charge in [-0.1, -0.05) is 27.7 Å². The lowest BCUT2D eigenvalue weighted by Crippen LogP contribution is -2.53. The Bertz CT molecular complexity index is 889. The first kappa shape index (κ1) is 26.4. The monoisotopic (exact) mass is 480 g/mol. The summed E-state index contributed by atoms with van der Waals surface area (Å²) in [5, 5.41) is 0. The molecule has 2 unspecified atom stereocenters. The van der Waals surface area contributed by atoms with Gasteiger partial charge < -0.3 is 9.80 Å². The number of ketones is 2. The first-order valence-electron chi connectivity index (χ1n) is 10.9. The molecule has 0 saturated carbocycles. The topological polar surface area (TPSA) is 57.7 Å². The summed E-state index contributed by atoms with van der Waals surface area (Å²) in [5.41, 5.74) is 0.571. The van der Waals surface area contributed by atoms with Crippen LogP contribution in [0.4, 0.5) is 11.4 Å². The highest BCUT2D eigenvalue weighted by molar-refractivity contribution is 6.18. The number of hydrogen-bond donors (Lipinski definition) is 0. The summed E-state index contributed by atoms with van der Waals surface area (Å²) in [6.45, 7) is 10.4. The lowest BCUT2D eigenvalue weighted by molar-refractivity contribution is -0.145. The molecule has 5 nitrogen and oxygen atoms in total. The van der Waals surface area contributed by atoms with Crippen LogP contribution in [0.25, 0.3) is 0 Å². The van der Waals surface area contributed by atoms with Crippen molar-refractivity contribution >= 4 is 52.1 Å². The van der Waals surface area contributed by atoms with Gasteiger partial charge in [0.1, 0.15) is 0 Å². The lowest BCUT2D eigenvalue weighted by Gasteiger charge is -2.48. The first-order chi connectivity index (χ1) is 14.9. The number of benzene rings is 1. The zero-order valence-corrected chi connectivity index (χ0v) is 21.4. The molecule has 2 atom stereocenters. The summed E-state index contributed by atoms with van der Waals surface area (Å²) >= 11 is 11.8. The molecule has 0 radical (unpaired) electrons. The van der Waals surface area contributed by atoms with Crippen molar-refractivity contribution in [1.82, 2.24) is 0 Å². The van der Waals surface area contributed by atoms with Gasteiger partial charge in [0.2, 0.25) is 5.91 Å². The van der Waals surface area contributed by atoms with E-state index in [1.165, 1.54) is 6.08 Å². The molecule has 0 fully saturated rings. The van der Waals surface area contributed by atoms with Crippen molar-refractivity contribution in [3.05, 3.63) is 35.9 Å². The van der Waals surface area contributed by atoms with Crippen LogP contribution in [-0.4, -0.2) is 49.4 Å². The van der Waals surface area contributed by atoms with E-state index < -0.39 is 16.7 Å². The second kappa shape index (κ2) is 10.4. The Morgan fingerprint density at radius 3 is 2.06 bits per heavy atom. The standard InChI is InChI=1S/C25H34Cl2N2O3/c1-17-15-21(30)25(5,18(2)23(17)32)24(3,4)16-22(31)28(6)19-7-9-20(10-8-19)29(13-11-26)14-12-27/h7-10,15,18H,11-14,16H2,1-6H3. The van der Waals surface area contributed by atoms with Gasteiger partial charge in [-0.25, -0.2) is 0 Å². The van der Waals surface area contributed by atoms with E-state index in [1.807, 2.05) is 45.0 Å². The fourth-order valence-electron chi connectivity index (χ4n) is 4.44. The highest BCUT2D eigenvalue weighted by Gasteiger charge is 2.54. The van der Waals surface area contributed by atoms with Crippen molar-refractivity contribution in [3.8, 4) is 0 Å². The van der Waals surface area contributed by atoms with Gasteiger partial charge in [-0.05, 0) is 48.3 Å². The maximum atomic E-state index is 13.2. The number of halogens is 2. The molecule has 0 heterocycles. The van der Waals surface area contributed by atoms with Crippen molar-refractivity contribution < 1.29 is 14.4 Å². The minimum Gasteiger partial charge on any atom is -0.369 e. The third kappa shape index (κ3) is 5.04. The molecule has 1 aromatic carbocycles. The fraction of sp³-hybridized carbons (Fsp3) is 0.560. The summed E-state index contributed by atoms with van der Waals surface area (Å²) in [6, 6.07) is 7.68. The molecule has 1 aliphatic carbocycles. The molecule has 176 valence electrons. The first-order valence-corrected chi connectivity index (χ1v) is 12.0. The van der Waals surface area contributed by atoms with E-state index in [0.717, 1.165) is 11.4 Å². The Labute approximate surface area is 201 Å². The van der Waals surface area contributed by atoms with E-state index in [9.17, 15) is 14.4 Å². The van der Waals surface area contributed by atoms with Gasteiger partial charge in [-0.2, -0.15) is 0 Å². The van der Waals surface area contributed by atoms with E-state index in [-0.39, 0.29) is 23.9 Å². The number of Topliss-reactive ketones (excluding diaryl/α,β-unsaturated/α-hetero) is 1. The fourth-order valence-corrected chi connectivity index (χ4v) is 4.85. The largest absolute Gasteiger partial charge is 0.369 e. The number of alkyl halides is 2. The van der Waals surface area contributed by atoms with Gasteiger partial charge in [0.05, 0.1) is 0 Å². The third-order valence-corrected chi connectivity index (χ3v) is 7.53. The molecule has 0 aromatic heterocycles. The second-order valence-electron chi connectivity index (χ2n) is 9.37. The van der Waals surface area contributed by atoms with Crippen molar-refractivity contribution in [1.29, 1.82) is 0 Å². The molecule has 1 aromatic rings. The van der Waals surface area contributed by atoms with Crippen LogP contribution < -0.4 is 9.80 Å². The number of amides is 1. The van der Waals surface area contributed by atoms with Crippen molar-refractivity contribution in [2.24, 2.45) is 16.7 Å². The van der Waals surface area contributed by atoms with E-state index in [4.69, 9.17) is 23.2 Å². The normalized spacial score (nSPS) is 21.4. The Morgan fingerprint density at radius 2 is 1.56 bits per heavy atom. The predicted octanol–water partition coefficient (Wildman–Crippen LogP) is 5.09. The summed E-state index contributed by atoms with van der Waals surface area (Å²) in [4.78, 5) is 42.5. The maximum absolute atomic E-state index is 13.2. The second-order valence-corrected chi connectivity index (χ2v) is 10.1. The van der Waals surface area contributed by atoms with Gasteiger partial charge in [0.25, 0.3) is 0 Å². The number of allylic oxidation sites excluding steroid dienone is 2. The number of rotatable bonds is 9. The molecule has 0 spiro atoms. The van der Waals surface area contributed by atoms with Gasteiger partial charge in [0.15, 0.2) is 11.6 Å². The molecule has 1 amide bonds. The quantitative estimate of drug-likeness (QED) is 0.461. The van der Waals surface area contributed by atoms with E-state index in [1.54, 1.807) is 25.8 Å². The maximum Gasteiger partial charge on any atom is 0.227 e. The van der Waals surface area contributed by atoms with Crippen molar-refractivity contribution in [3.63, 3.8) is 0 Å². The highest BCUT2D eigenvalue weighted by Crippen LogP contribution is 2.51. The summed E-state index contributed by atoms with van der Waals surface area (Å²) in [6.07, 6.45) is 1.58. The summed E-state index contributed by atoms with van der Waals surface area (Å²) in [7, 11) is 1.73. The summed E-state index contributed by atoms with van der Waals surface area (Å²) in [5.74, 6) is 0.280. The minimum absolute atomic E-state index is 0.0324. The average molecular weight is 481 g/mol. The number of carbonyl (C=O) groups is 3. The molecule has 0 N–H and O–H groups in total. The predicted molar refractivity (Wildman–Crippen MR) is 133 cm³/mol.